The number of unbranched alkanes of at least 4 members (excludes halogenated alkanes) is 16. The number of anilines is 6. The van der Waals surface area contributed by atoms with Crippen LogP contribution in [0.5, 0.6) is 0 Å². The second-order valence-electron chi connectivity index (χ2n) is 28.5. The van der Waals surface area contributed by atoms with Crippen LogP contribution in [0.4, 0.5) is 34.1 Å². The number of benzene rings is 10. The summed E-state index contributed by atoms with van der Waals surface area (Å²) < 4.78 is 0. The van der Waals surface area contributed by atoms with Crippen molar-refractivity contribution in [3.05, 3.63) is 273 Å². The Morgan fingerprint density at radius 3 is 0.840 bits per heavy atom. The maximum Gasteiger partial charge on any atom is 0.0465 e. The molecule has 484 valence electrons. The minimum absolute atomic E-state index is 0.380. The van der Waals surface area contributed by atoms with E-state index in [0.29, 0.717) is 0 Å². The SMILES string of the molecule is CCCCCCCCc1ccc(C2(CCCCCC)c3cc(N(c4ccc(C)cc4)c4ccc(C)cc4)ccc3-c3cc4cc5c(cc4cc32)-c2ccc(N(c3ccc(C)cc3)c3ccc(C)cc3)cc2C5(CCCCCC)c2ccc(CCCCCCCC)cc2)cc1. The first-order valence-corrected chi connectivity index (χ1v) is 37.0. The number of hydrogen-bond acceptors (Lipinski definition) is 2. The standard InChI is InChI=1S/C92H106N2/c1-9-13-17-21-23-25-29-71-39-43-75(44-40-71)91(59-27-19-15-11-3)87-63-73-62-86-84-58-56-82(94(79-51-35-69(7)36-52-79)80-53-37-70(8)38-54-80)66-90(84)92(60-28-20-16-12-4,76-45-41-72(42-46-76)30-26-24-22-18-14-10-2)88(86)64-74(73)61-85(87)83-57-55-81(65-89(83)91)93(77-47-31-67(5)32-48-77)78-49-33-68(6)34-50-78/h31-58,61-66H,9-30,59-60H2,1-8H3. The van der Waals surface area contributed by atoms with E-state index in [-0.39, 0.29) is 10.8 Å². The topological polar surface area (TPSA) is 6.48 Å². The van der Waals surface area contributed by atoms with Crippen LogP contribution in [0.1, 0.15) is 236 Å². The van der Waals surface area contributed by atoms with E-state index in [1.807, 2.05) is 0 Å². The van der Waals surface area contributed by atoms with Crippen molar-refractivity contribution in [1.82, 2.24) is 0 Å². The molecule has 0 aromatic heterocycles. The maximum atomic E-state index is 2.69. The van der Waals surface area contributed by atoms with Gasteiger partial charge in [0.2, 0.25) is 0 Å². The van der Waals surface area contributed by atoms with Crippen molar-refractivity contribution in [1.29, 1.82) is 0 Å². The van der Waals surface area contributed by atoms with Crippen molar-refractivity contribution in [2.24, 2.45) is 0 Å². The van der Waals surface area contributed by atoms with E-state index in [4.69, 9.17) is 0 Å². The summed E-state index contributed by atoms with van der Waals surface area (Å²) in [4.78, 5) is 5.00. The summed E-state index contributed by atoms with van der Waals surface area (Å²) in [5.74, 6) is 0. The zero-order chi connectivity index (χ0) is 65.0. The van der Waals surface area contributed by atoms with E-state index >= 15 is 0 Å². The molecule has 2 unspecified atom stereocenters. The molecule has 10 aromatic carbocycles. The van der Waals surface area contributed by atoms with Gasteiger partial charge < -0.3 is 9.80 Å². The molecule has 0 N–H and O–H groups in total. The summed E-state index contributed by atoms with van der Waals surface area (Å²) >= 11 is 0. The average molecular weight is 1240 g/mol. The fraction of sp³-hybridized carbons (Fsp3) is 0.370. The van der Waals surface area contributed by atoms with Gasteiger partial charge in [0.15, 0.2) is 0 Å². The summed E-state index contributed by atoms with van der Waals surface area (Å²) in [6.07, 6.45) is 29.7. The number of fused-ring (bicyclic) bond motifs is 7. The van der Waals surface area contributed by atoms with Gasteiger partial charge in [-0.2, -0.15) is 0 Å². The summed E-state index contributed by atoms with van der Waals surface area (Å²) in [5.41, 5.74) is 28.4. The fourth-order valence-corrected chi connectivity index (χ4v) is 16.2. The Hall–Kier alpha value is -7.94. The molecule has 2 aliphatic carbocycles. The predicted molar refractivity (Wildman–Crippen MR) is 407 cm³/mol. The minimum atomic E-state index is -0.380. The van der Waals surface area contributed by atoms with E-state index in [0.717, 1.165) is 38.5 Å². The molecular formula is C92H106N2. The molecule has 0 saturated heterocycles. The number of hydrogen-bond donors (Lipinski definition) is 0. The summed E-state index contributed by atoms with van der Waals surface area (Å²) in [5, 5.41) is 2.66. The van der Waals surface area contributed by atoms with Gasteiger partial charge in [-0.05, 0) is 241 Å². The summed E-state index contributed by atoms with van der Waals surface area (Å²) in [6, 6.07) is 82.6. The third-order valence-corrected chi connectivity index (χ3v) is 21.6. The molecule has 2 nitrogen and oxygen atoms in total. The fourth-order valence-electron chi connectivity index (χ4n) is 16.2. The first-order chi connectivity index (χ1) is 46.1. The van der Waals surface area contributed by atoms with Crippen molar-refractivity contribution in [2.75, 3.05) is 9.80 Å². The van der Waals surface area contributed by atoms with Crippen LogP contribution in [0.15, 0.2) is 206 Å². The zero-order valence-electron chi connectivity index (χ0n) is 58.5. The van der Waals surface area contributed by atoms with Crippen molar-refractivity contribution in [3.8, 4) is 22.3 Å². The molecule has 0 fully saturated rings. The number of rotatable bonds is 32. The lowest BCUT2D eigenvalue weighted by molar-refractivity contribution is 0.515. The molecule has 0 saturated carbocycles. The van der Waals surface area contributed by atoms with Gasteiger partial charge in [-0.25, -0.2) is 0 Å². The van der Waals surface area contributed by atoms with Gasteiger partial charge >= 0.3 is 0 Å². The highest BCUT2D eigenvalue weighted by molar-refractivity contribution is 6.01. The minimum Gasteiger partial charge on any atom is -0.310 e. The van der Waals surface area contributed by atoms with E-state index in [9.17, 15) is 0 Å². The third kappa shape index (κ3) is 13.9. The van der Waals surface area contributed by atoms with Crippen molar-refractivity contribution in [2.45, 2.75) is 220 Å². The Kier molecular flexibility index (Phi) is 21.5. The second-order valence-corrected chi connectivity index (χ2v) is 28.5. The Balaban J connectivity index is 1.07. The van der Waals surface area contributed by atoms with Crippen LogP contribution in [0, 0.1) is 27.7 Å². The highest BCUT2D eigenvalue weighted by atomic mass is 15.1. The van der Waals surface area contributed by atoms with Crippen LogP contribution in [-0.4, -0.2) is 0 Å². The van der Waals surface area contributed by atoms with Gasteiger partial charge in [0, 0.05) is 45.0 Å². The van der Waals surface area contributed by atoms with Crippen LogP contribution in [-0.2, 0) is 23.7 Å². The quantitative estimate of drug-likeness (QED) is 0.0388. The van der Waals surface area contributed by atoms with Crippen LogP contribution in [0.3, 0.4) is 0 Å². The molecule has 2 aliphatic rings. The molecule has 0 heterocycles. The third-order valence-electron chi connectivity index (χ3n) is 21.6. The maximum absolute atomic E-state index is 2.69. The van der Waals surface area contributed by atoms with Crippen molar-refractivity contribution < 1.29 is 0 Å². The molecule has 94 heavy (non-hydrogen) atoms. The van der Waals surface area contributed by atoms with Crippen molar-refractivity contribution >= 4 is 44.9 Å². The monoisotopic (exact) mass is 1240 g/mol. The molecule has 2 atom stereocenters. The smallest absolute Gasteiger partial charge is 0.0465 e. The van der Waals surface area contributed by atoms with Crippen LogP contribution in [0.2, 0.25) is 0 Å². The highest BCUT2D eigenvalue weighted by Crippen LogP contribution is 2.61. The Labute approximate surface area is 566 Å². The Bertz CT molecular complexity index is 3730. The Morgan fingerprint density at radius 1 is 0.245 bits per heavy atom. The number of aryl methyl sites for hydroxylation is 6. The zero-order valence-corrected chi connectivity index (χ0v) is 58.5. The van der Waals surface area contributed by atoms with Crippen molar-refractivity contribution in [3.63, 3.8) is 0 Å². The van der Waals surface area contributed by atoms with Gasteiger partial charge in [0.05, 0.1) is 0 Å². The van der Waals surface area contributed by atoms with Gasteiger partial charge in [-0.3, -0.25) is 0 Å². The van der Waals surface area contributed by atoms with Crippen LogP contribution < -0.4 is 9.80 Å². The average Bonchev–Trinajstić information content (AvgIpc) is 1.53. The highest BCUT2D eigenvalue weighted by Gasteiger charge is 2.48. The van der Waals surface area contributed by atoms with Crippen LogP contribution in [0.25, 0.3) is 33.0 Å². The molecule has 0 radical (unpaired) electrons. The molecular weight excluding hydrogens is 1130 g/mol. The van der Waals surface area contributed by atoms with E-state index in [2.05, 4.69) is 271 Å². The van der Waals surface area contributed by atoms with Gasteiger partial charge in [0.25, 0.3) is 0 Å². The second kappa shape index (κ2) is 30.6. The molecule has 0 bridgehead atoms. The Morgan fingerprint density at radius 2 is 0.521 bits per heavy atom. The predicted octanol–water partition coefficient (Wildman–Crippen LogP) is 27.4. The van der Waals surface area contributed by atoms with Gasteiger partial charge in [-0.15, -0.1) is 0 Å². The molecule has 0 aliphatic heterocycles. The van der Waals surface area contributed by atoms with Gasteiger partial charge in [0.1, 0.15) is 0 Å². The lowest BCUT2D eigenvalue weighted by Crippen LogP contribution is -2.28. The molecule has 12 rings (SSSR count). The van der Waals surface area contributed by atoms with E-state index < -0.39 is 0 Å². The normalized spacial score (nSPS) is 15.3. The molecule has 0 spiro atoms. The molecule has 0 amide bonds. The summed E-state index contributed by atoms with van der Waals surface area (Å²) in [6.45, 7) is 18.1. The molecule has 2 heteroatoms. The van der Waals surface area contributed by atoms with E-state index in [1.54, 1.807) is 0 Å². The first-order valence-electron chi connectivity index (χ1n) is 37.0. The molecule has 10 aromatic rings. The van der Waals surface area contributed by atoms with E-state index in [1.165, 1.54) is 249 Å². The largest absolute Gasteiger partial charge is 0.310 e. The first kappa shape index (κ1) is 66.1. The summed E-state index contributed by atoms with van der Waals surface area (Å²) in [7, 11) is 0. The lowest BCUT2D eigenvalue weighted by atomic mass is 9.68. The van der Waals surface area contributed by atoms with Crippen LogP contribution >= 0.6 is 0 Å². The van der Waals surface area contributed by atoms with Gasteiger partial charge in [-0.1, -0.05) is 275 Å². The lowest BCUT2D eigenvalue weighted by Gasteiger charge is -2.35. The number of nitrogens with zero attached hydrogens (tertiary/aromatic N) is 2.